The highest BCUT2D eigenvalue weighted by Crippen LogP contribution is 2.24. The monoisotopic (exact) mass is 386 g/mol. The lowest BCUT2D eigenvalue weighted by Gasteiger charge is -2.25. The van der Waals surface area contributed by atoms with Gasteiger partial charge in [-0.2, -0.15) is 10.2 Å². The van der Waals surface area contributed by atoms with Gasteiger partial charge in [0.05, 0.1) is 35.7 Å². The van der Waals surface area contributed by atoms with Gasteiger partial charge in [0.25, 0.3) is 5.56 Å². The summed E-state index contributed by atoms with van der Waals surface area (Å²) in [5.74, 6) is 0.108. The van der Waals surface area contributed by atoms with Crippen LogP contribution < -0.4 is 10.5 Å². The summed E-state index contributed by atoms with van der Waals surface area (Å²) in [6.07, 6.45) is 3.49. The Morgan fingerprint density at radius 1 is 1.32 bits per heavy atom. The number of aromatic nitrogens is 4. The number of anilines is 1. The molecule has 1 saturated heterocycles. The zero-order valence-corrected chi connectivity index (χ0v) is 17.3. The highest BCUT2D eigenvalue weighted by atomic mass is 16.2. The van der Waals surface area contributed by atoms with Crippen LogP contribution in [0.3, 0.4) is 0 Å². The maximum atomic E-state index is 13.1. The van der Waals surface area contributed by atoms with Crippen molar-refractivity contribution in [3.63, 3.8) is 0 Å². The van der Waals surface area contributed by atoms with E-state index in [-0.39, 0.29) is 17.4 Å². The van der Waals surface area contributed by atoms with E-state index < -0.39 is 0 Å². The van der Waals surface area contributed by atoms with Crippen LogP contribution in [0, 0.1) is 12.8 Å². The van der Waals surface area contributed by atoms with E-state index in [1.807, 2.05) is 23.4 Å². The first-order chi connectivity index (χ1) is 13.4. The molecule has 0 bridgehead atoms. The Balaban J connectivity index is 1.68. The van der Waals surface area contributed by atoms with Crippen LogP contribution in [0.2, 0.25) is 0 Å². The molecule has 2 aromatic rings. The van der Waals surface area contributed by atoms with E-state index in [0.717, 1.165) is 43.0 Å². The number of carbonyl (C=O) groups excluding carboxylic acids is 1. The smallest absolute Gasteiger partial charge is 0.268 e. The van der Waals surface area contributed by atoms with Gasteiger partial charge in [-0.05, 0) is 32.8 Å². The maximum absolute atomic E-state index is 13.1. The minimum atomic E-state index is -0.137. The normalized spacial score (nSPS) is 16.6. The van der Waals surface area contributed by atoms with Gasteiger partial charge in [-0.25, -0.2) is 4.68 Å². The fraction of sp³-hybridized carbons (Fsp3) is 0.600. The first-order valence-electron chi connectivity index (χ1n) is 10.0. The van der Waals surface area contributed by atoms with Gasteiger partial charge in [-0.3, -0.25) is 14.3 Å². The Bertz CT molecular complexity index is 887. The zero-order valence-electron chi connectivity index (χ0n) is 17.3. The summed E-state index contributed by atoms with van der Waals surface area (Å²) in [4.78, 5) is 29.0. The van der Waals surface area contributed by atoms with Crippen molar-refractivity contribution in [3.05, 3.63) is 40.1 Å². The van der Waals surface area contributed by atoms with Crippen molar-refractivity contribution in [1.82, 2.24) is 24.5 Å². The van der Waals surface area contributed by atoms with E-state index in [0.29, 0.717) is 19.6 Å². The van der Waals surface area contributed by atoms with Crippen molar-refractivity contribution in [1.29, 1.82) is 0 Å². The predicted molar refractivity (Wildman–Crippen MR) is 108 cm³/mol. The summed E-state index contributed by atoms with van der Waals surface area (Å²) in [6.45, 7) is 9.63. The zero-order chi connectivity index (χ0) is 20.3. The maximum Gasteiger partial charge on any atom is 0.268 e. The third-order valence-electron chi connectivity index (χ3n) is 5.32. The van der Waals surface area contributed by atoms with Crippen molar-refractivity contribution in [2.75, 3.05) is 24.5 Å². The lowest BCUT2D eigenvalue weighted by Crippen LogP contribution is -2.37. The highest BCUT2D eigenvalue weighted by Gasteiger charge is 2.32. The van der Waals surface area contributed by atoms with Gasteiger partial charge >= 0.3 is 0 Å². The van der Waals surface area contributed by atoms with Crippen LogP contribution in [0.15, 0.2) is 23.1 Å². The second-order valence-electron chi connectivity index (χ2n) is 7.46. The molecule has 0 saturated carbocycles. The molecule has 0 spiro atoms. The minimum absolute atomic E-state index is 0.0624. The van der Waals surface area contributed by atoms with Crippen LogP contribution in [-0.2, 0) is 24.9 Å². The number of rotatable bonds is 7. The summed E-state index contributed by atoms with van der Waals surface area (Å²) in [5.41, 5.74) is 2.72. The van der Waals surface area contributed by atoms with Crippen molar-refractivity contribution in [3.8, 4) is 0 Å². The molecule has 8 heteroatoms. The molecule has 1 amide bonds. The Morgan fingerprint density at radius 3 is 2.79 bits per heavy atom. The van der Waals surface area contributed by atoms with Crippen molar-refractivity contribution >= 4 is 11.6 Å². The Kier molecular flexibility index (Phi) is 6.16. The number of nitrogens with zero attached hydrogens (tertiary/aromatic N) is 6. The molecule has 2 aromatic heterocycles. The average Bonchev–Trinajstić information content (AvgIpc) is 3.29. The number of hydrogen-bond acceptors (Lipinski definition) is 5. The molecule has 1 aliphatic heterocycles. The molecule has 28 heavy (non-hydrogen) atoms. The van der Waals surface area contributed by atoms with E-state index in [1.54, 1.807) is 19.3 Å². The van der Waals surface area contributed by atoms with Gasteiger partial charge in [-0.15, -0.1) is 0 Å². The largest absolute Gasteiger partial charge is 0.369 e. The SMILES string of the molecule is CCCn1nc(C)cc1CN(CC)C(=O)C1CCN(c2cnn(C)c(=O)c2)C1. The molecule has 1 atom stereocenters. The number of carbonyl (C=O) groups is 1. The van der Waals surface area contributed by atoms with Gasteiger partial charge in [0, 0.05) is 39.3 Å². The van der Waals surface area contributed by atoms with Crippen molar-refractivity contribution < 1.29 is 4.79 Å². The molecule has 8 nitrogen and oxygen atoms in total. The van der Waals surface area contributed by atoms with Crippen LogP contribution in [0.1, 0.15) is 38.1 Å². The highest BCUT2D eigenvalue weighted by molar-refractivity contribution is 5.80. The number of hydrogen-bond donors (Lipinski definition) is 0. The molecule has 0 radical (unpaired) electrons. The lowest BCUT2D eigenvalue weighted by molar-refractivity contribution is -0.135. The minimum Gasteiger partial charge on any atom is -0.369 e. The summed E-state index contributed by atoms with van der Waals surface area (Å²) >= 11 is 0. The second-order valence-corrected chi connectivity index (χ2v) is 7.46. The van der Waals surface area contributed by atoms with Crippen LogP contribution in [-0.4, -0.2) is 50.0 Å². The number of aryl methyl sites for hydroxylation is 3. The number of amides is 1. The third kappa shape index (κ3) is 4.26. The quantitative estimate of drug-likeness (QED) is 0.722. The van der Waals surface area contributed by atoms with Crippen molar-refractivity contribution in [2.45, 2.75) is 46.7 Å². The Morgan fingerprint density at radius 2 is 2.11 bits per heavy atom. The summed E-state index contributed by atoms with van der Waals surface area (Å²) in [7, 11) is 1.63. The van der Waals surface area contributed by atoms with Crippen LogP contribution in [0.5, 0.6) is 0 Å². The van der Waals surface area contributed by atoms with Crippen LogP contribution in [0.25, 0.3) is 0 Å². The van der Waals surface area contributed by atoms with Gasteiger partial charge in [0.2, 0.25) is 5.91 Å². The standard InChI is InChI=1S/C20H30N6O2/c1-5-8-26-18(10-15(3)22-26)14-24(6-2)20(28)16-7-9-25(13-16)17-11-19(27)23(4)21-12-17/h10-12,16H,5-9,13-14H2,1-4H3. The summed E-state index contributed by atoms with van der Waals surface area (Å²) in [6, 6.07) is 3.65. The molecule has 0 N–H and O–H groups in total. The molecule has 3 rings (SSSR count). The van der Waals surface area contributed by atoms with E-state index in [9.17, 15) is 9.59 Å². The topological polar surface area (TPSA) is 76.3 Å². The van der Waals surface area contributed by atoms with E-state index in [4.69, 9.17) is 0 Å². The summed E-state index contributed by atoms with van der Waals surface area (Å²) in [5, 5.41) is 8.63. The van der Waals surface area contributed by atoms with Crippen LogP contribution >= 0.6 is 0 Å². The van der Waals surface area contributed by atoms with E-state index >= 15 is 0 Å². The fourth-order valence-electron chi connectivity index (χ4n) is 3.76. The third-order valence-corrected chi connectivity index (χ3v) is 5.32. The molecule has 0 aromatic carbocycles. The second kappa shape index (κ2) is 8.58. The first kappa shape index (κ1) is 20.1. The van der Waals surface area contributed by atoms with E-state index in [1.165, 1.54) is 4.68 Å². The van der Waals surface area contributed by atoms with Gasteiger partial charge in [-0.1, -0.05) is 6.92 Å². The average molecular weight is 387 g/mol. The summed E-state index contributed by atoms with van der Waals surface area (Å²) < 4.78 is 3.32. The lowest BCUT2D eigenvalue weighted by atomic mass is 10.1. The Labute approximate surface area is 165 Å². The molecule has 1 fully saturated rings. The van der Waals surface area contributed by atoms with Gasteiger partial charge in [0.1, 0.15) is 0 Å². The molecule has 1 aliphatic rings. The molecular weight excluding hydrogens is 356 g/mol. The Hall–Kier alpha value is -2.64. The molecule has 152 valence electrons. The fourth-order valence-corrected chi connectivity index (χ4v) is 3.76. The van der Waals surface area contributed by atoms with E-state index in [2.05, 4.69) is 28.1 Å². The van der Waals surface area contributed by atoms with Crippen molar-refractivity contribution in [2.24, 2.45) is 13.0 Å². The first-order valence-corrected chi connectivity index (χ1v) is 10.0. The van der Waals surface area contributed by atoms with Gasteiger partial charge < -0.3 is 9.80 Å². The van der Waals surface area contributed by atoms with Gasteiger partial charge in [0.15, 0.2) is 0 Å². The molecule has 3 heterocycles. The van der Waals surface area contributed by atoms with Crippen LogP contribution in [0.4, 0.5) is 5.69 Å². The molecular formula is C20H30N6O2. The molecule has 1 unspecified atom stereocenters. The molecule has 0 aliphatic carbocycles. The predicted octanol–water partition coefficient (Wildman–Crippen LogP) is 1.57.